The number of alkyl halides is 3. The van der Waals surface area contributed by atoms with Crippen LogP contribution in [-0.4, -0.2) is 0 Å². The van der Waals surface area contributed by atoms with Gasteiger partial charge in [-0.15, -0.1) is 0 Å². The van der Waals surface area contributed by atoms with Gasteiger partial charge in [0, 0.05) is 22.3 Å². The molecule has 2 rings (SSSR count). The van der Waals surface area contributed by atoms with E-state index in [2.05, 4.69) is 21.2 Å². The molecule has 0 saturated carbocycles. The lowest BCUT2D eigenvalue weighted by Crippen LogP contribution is -2.08. The van der Waals surface area contributed by atoms with Crippen molar-refractivity contribution in [3.05, 3.63) is 63.6 Å². The lowest BCUT2D eigenvalue weighted by molar-refractivity contribution is -0.138. The van der Waals surface area contributed by atoms with Crippen LogP contribution in [-0.2, 0) is 12.7 Å². The van der Waals surface area contributed by atoms with E-state index in [9.17, 15) is 22.0 Å². The lowest BCUT2D eigenvalue weighted by atomic mass is 10.1. The highest BCUT2D eigenvalue weighted by atomic mass is 79.9. The highest BCUT2D eigenvalue weighted by Gasteiger charge is 2.33. The molecule has 0 atom stereocenters. The first-order valence-corrected chi connectivity index (χ1v) is 6.62. The zero-order chi connectivity index (χ0) is 15.6. The van der Waals surface area contributed by atoms with E-state index in [-0.39, 0.29) is 22.3 Å². The number of nitrogens with one attached hydrogen (secondary N) is 1. The molecule has 0 spiro atoms. The number of hydrogen-bond donors (Lipinski definition) is 1. The van der Waals surface area contributed by atoms with E-state index in [0.29, 0.717) is 0 Å². The summed E-state index contributed by atoms with van der Waals surface area (Å²) in [6, 6.07) is 7.22. The fraction of sp³-hybridized carbons (Fsp3) is 0.143. The van der Waals surface area contributed by atoms with Gasteiger partial charge in [-0.3, -0.25) is 0 Å². The predicted molar refractivity (Wildman–Crippen MR) is 72.8 cm³/mol. The van der Waals surface area contributed by atoms with Crippen LogP contribution in [0.1, 0.15) is 11.1 Å². The van der Waals surface area contributed by atoms with E-state index < -0.39 is 23.4 Å². The van der Waals surface area contributed by atoms with Crippen molar-refractivity contribution in [2.45, 2.75) is 12.7 Å². The van der Waals surface area contributed by atoms with Gasteiger partial charge in [0.05, 0.1) is 5.56 Å². The molecule has 7 heteroatoms. The molecule has 112 valence electrons. The molecule has 0 bridgehead atoms. The van der Waals surface area contributed by atoms with Crippen LogP contribution in [0.5, 0.6) is 0 Å². The maximum atomic E-state index is 13.4. The molecule has 0 aliphatic carbocycles. The molecule has 0 heterocycles. The van der Waals surface area contributed by atoms with E-state index in [1.54, 1.807) is 0 Å². The van der Waals surface area contributed by atoms with Gasteiger partial charge in [-0.2, -0.15) is 13.2 Å². The van der Waals surface area contributed by atoms with E-state index in [0.717, 1.165) is 12.1 Å². The molecule has 0 radical (unpaired) electrons. The molecule has 0 fully saturated rings. The number of anilines is 1. The highest BCUT2D eigenvalue weighted by molar-refractivity contribution is 9.10. The number of halogens is 6. The molecule has 0 aliphatic heterocycles. The predicted octanol–water partition coefficient (Wildman–Crippen LogP) is 5.36. The quantitative estimate of drug-likeness (QED) is 0.722. The maximum Gasteiger partial charge on any atom is 0.417 e. The summed E-state index contributed by atoms with van der Waals surface area (Å²) >= 11 is 2.83. The molecule has 21 heavy (non-hydrogen) atoms. The zero-order valence-corrected chi connectivity index (χ0v) is 12.0. The van der Waals surface area contributed by atoms with Gasteiger partial charge in [0.2, 0.25) is 0 Å². The third-order valence-corrected chi connectivity index (χ3v) is 3.48. The first kappa shape index (κ1) is 15.8. The van der Waals surface area contributed by atoms with Crippen LogP contribution in [0.25, 0.3) is 0 Å². The third kappa shape index (κ3) is 3.72. The Morgan fingerprint density at radius 3 is 2.43 bits per heavy atom. The van der Waals surface area contributed by atoms with Crippen molar-refractivity contribution in [1.29, 1.82) is 0 Å². The SMILES string of the molecule is Fc1cccc(CNc2ccc(Br)c(C(F)(F)F)c2)c1F. The second kappa shape index (κ2) is 6.01. The minimum absolute atomic E-state index is 0.0338. The molecule has 1 N–H and O–H groups in total. The second-order valence-corrected chi connectivity index (χ2v) is 5.11. The summed E-state index contributed by atoms with van der Waals surface area (Å²) < 4.78 is 64.6. The Morgan fingerprint density at radius 1 is 1.05 bits per heavy atom. The Labute approximate surface area is 125 Å². The molecule has 2 aromatic carbocycles. The van der Waals surface area contributed by atoms with Gasteiger partial charge in [-0.25, -0.2) is 8.78 Å². The third-order valence-electron chi connectivity index (χ3n) is 2.79. The molecule has 0 unspecified atom stereocenters. The zero-order valence-electron chi connectivity index (χ0n) is 10.4. The van der Waals surface area contributed by atoms with Crippen LogP contribution in [0.2, 0.25) is 0 Å². The maximum absolute atomic E-state index is 13.4. The fourth-order valence-corrected chi connectivity index (χ4v) is 2.21. The molecular weight excluding hydrogens is 357 g/mol. The molecule has 1 nitrogen and oxygen atoms in total. The molecule has 0 amide bonds. The van der Waals surface area contributed by atoms with Crippen LogP contribution in [0.4, 0.5) is 27.6 Å². The summed E-state index contributed by atoms with van der Waals surface area (Å²) in [7, 11) is 0. The normalized spacial score (nSPS) is 11.5. The van der Waals surface area contributed by atoms with Crippen molar-refractivity contribution in [3.63, 3.8) is 0 Å². The van der Waals surface area contributed by atoms with E-state index in [1.165, 1.54) is 24.3 Å². The van der Waals surface area contributed by atoms with Gasteiger partial charge in [0.15, 0.2) is 11.6 Å². The summed E-state index contributed by atoms with van der Waals surface area (Å²) in [6.07, 6.45) is -4.50. The molecule has 2 aromatic rings. The Hall–Kier alpha value is -1.63. The van der Waals surface area contributed by atoms with E-state index in [4.69, 9.17) is 0 Å². The summed E-state index contributed by atoms with van der Waals surface area (Å²) in [6.45, 7) is -0.122. The minimum atomic E-state index is -4.50. The molecule has 0 aliphatic rings. The molecular formula is C14H9BrF5N. The average molecular weight is 366 g/mol. The summed E-state index contributed by atoms with van der Waals surface area (Å²) in [5.41, 5.74) is -0.645. The number of benzene rings is 2. The Kier molecular flexibility index (Phi) is 4.51. The van der Waals surface area contributed by atoms with Gasteiger partial charge in [-0.1, -0.05) is 28.1 Å². The van der Waals surface area contributed by atoms with Gasteiger partial charge >= 0.3 is 6.18 Å². The second-order valence-electron chi connectivity index (χ2n) is 4.26. The monoisotopic (exact) mass is 365 g/mol. The van der Waals surface area contributed by atoms with Crippen LogP contribution >= 0.6 is 15.9 Å². The topological polar surface area (TPSA) is 12.0 Å². The van der Waals surface area contributed by atoms with E-state index in [1.807, 2.05) is 0 Å². The largest absolute Gasteiger partial charge is 0.417 e. The first-order chi connectivity index (χ1) is 9.79. The number of hydrogen-bond acceptors (Lipinski definition) is 1. The highest BCUT2D eigenvalue weighted by Crippen LogP contribution is 2.36. The Bertz CT molecular complexity index is 654. The lowest BCUT2D eigenvalue weighted by Gasteiger charge is -2.13. The van der Waals surface area contributed by atoms with Crippen molar-refractivity contribution in [2.75, 3.05) is 5.32 Å². The molecule has 0 saturated heterocycles. The van der Waals surface area contributed by atoms with Crippen LogP contribution in [0.3, 0.4) is 0 Å². The van der Waals surface area contributed by atoms with Crippen molar-refractivity contribution < 1.29 is 22.0 Å². The van der Waals surface area contributed by atoms with Gasteiger partial charge in [-0.05, 0) is 24.3 Å². The van der Waals surface area contributed by atoms with Gasteiger partial charge in [0.1, 0.15) is 0 Å². The van der Waals surface area contributed by atoms with Crippen LogP contribution in [0, 0.1) is 11.6 Å². The van der Waals surface area contributed by atoms with Crippen molar-refractivity contribution >= 4 is 21.6 Å². The Morgan fingerprint density at radius 2 is 1.76 bits per heavy atom. The van der Waals surface area contributed by atoms with Crippen LogP contribution in [0.15, 0.2) is 40.9 Å². The van der Waals surface area contributed by atoms with Gasteiger partial charge < -0.3 is 5.32 Å². The smallest absolute Gasteiger partial charge is 0.381 e. The molecule has 0 aromatic heterocycles. The van der Waals surface area contributed by atoms with E-state index >= 15 is 0 Å². The summed E-state index contributed by atoms with van der Waals surface area (Å²) in [5.74, 6) is -2.01. The van der Waals surface area contributed by atoms with Crippen molar-refractivity contribution in [2.24, 2.45) is 0 Å². The van der Waals surface area contributed by atoms with Gasteiger partial charge in [0.25, 0.3) is 0 Å². The van der Waals surface area contributed by atoms with Crippen molar-refractivity contribution in [1.82, 2.24) is 0 Å². The van der Waals surface area contributed by atoms with Crippen LogP contribution < -0.4 is 5.32 Å². The Balaban J connectivity index is 2.19. The van der Waals surface area contributed by atoms with Crippen molar-refractivity contribution in [3.8, 4) is 0 Å². The minimum Gasteiger partial charge on any atom is -0.381 e. The standard InChI is InChI=1S/C14H9BrF5N/c15-11-5-4-9(6-10(11)14(18,19)20)21-7-8-2-1-3-12(16)13(8)17/h1-6,21H,7H2. The first-order valence-electron chi connectivity index (χ1n) is 5.82. The number of rotatable bonds is 3. The summed E-state index contributed by atoms with van der Waals surface area (Å²) in [4.78, 5) is 0. The summed E-state index contributed by atoms with van der Waals surface area (Å²) in [5, 5.41) is 2.64. The average Bonchev–Trinajstić information content (AvgIpc) is 2.40. The fourth-order valence-electron chi connectivity index (χ4n) is 1.73.